The van der Waals surface area contributed by atoms with Gasteiger partial charge in [-0.1, -0.05) is 26.7 Å². The van der Waals surface area contributed by atoms with Crippen LogP contribution in [0.5, 0.6) is 0 Å². The van der Waals surface area contributed by atoms with Crippen LogP contribution < -0.4 is 0 Å². The average molecular weight is 371 g/mol. The molecule has 27 heavy (non-hydrogen) atoms. The fourth-order valence-electron chi connectivity index (χ4n) is 9.85. The number of rotatable bonds is 3. The van der Waals surface area contributed by atoms with E-state index in [1.165, 1.54) is 51.4 Å². The summed E-state index contributed by atoms with van der Waals surface area (Å²) in [5, 5.41) is 10.4. The van der Waals surface area contributed by atoms with Gasteiger partial charge in [-0.2, -0.15) is 0 Å². The van der Waals surface area contributed by atoms with Crippen LogP contribution in [0.1, 0.15) is 72.1 Å². The molecule has 3 unspecified atom stereocenters. The highest BCUT2D eigenvalue weighted by Crippen LogP contribution is 2.82. The van der Waals surface area contributed by atoms with Gasteiger partial charge >= 0.3 is 0 Å². The van der Waals surface area contributed by atoms with E-state index in [9.17, 15) is 5.11 Å². The Kier molecular flexibility index (Phi) is 3.95. The molecule has 0 aromatic carbocycles. The first kappa shape index (κ1) is 18.5. The Balaban J connectivity index is 1.47. The number of methoxy groups -OCH3 is 1. The van der Waals surface area contributed by atoms with Crippen molar-refractivity contribution in [1.29, 1.82) is 0 Å². The van der Waals surface area contributed by atoms with Crippen LogP contribution in [0.25, 0.3) is 0 Å². The molecule has 0 heterocycles. The lowest BCUT2D eigenvalue weighted by molar-refractivity contribution is -0.162. The third-order valence-corrected chi connectivity index (χ3v) is 11.2. The van der Waals surface area contributed by atoms with Gasteiger partial charge in [0.05, 0.1) is 6.10 Å². The molecule has 0 aromatic heterocycles. The molecule has 0 radical (unpaired) electrons. The van der Waals surface area contributed by atoms with Crippen molar-refractivity contribution in [3.63, 3.8) is 0 Å². The maximum Gasteiger partial charge on any atom is 0.117 e. The lowest BCUT2D eigenvalue weighted by Gasteiger charge is -2.61. The summed E-state index contributed by atoms with van der Waals surface area (Å²) in [6.45, 7) is 7.37. The molecule has 5 rings (SSSR count). The van der Waals surface area contributed by atoms with Crippen molar-refractivity contribution in [1.82, 2.24) is 0 Å². The maximum atomic E-state index is 10.4. The summed E-state index contributed by atoms with van der Waals surface area (Å²) in [5.74, 6) is 6.82. The van der Waals surface area contributed by atoms with Crippen molar-refractivity contribution >= 4 is 0 Å². The number of ether oxygens (including phenoxy) is 1. The summed E-state index contributed by atoms with van der Waals surface area (Å²) in [7, 11) is 1.97. The molecule has 0 aliphatic heterocycles. The van der Waals surface area contributed by atoms with Gasteiger partial charge in [-0.05, 0) is 97.7 Å². The minimum absolute atomic E-state index is 0.213. The predicted molar refractivity (Wildman–Crippen MR) is 108 cm³/mol. The summed E-state index contributed by atoms with van der Waals surface area (Å²) in [6.07, 6.45) is 16.3. The number of aliphatic hydroxyl groups is 1. The van der Waals surface area contributed by atoms with E-state index in [0.29, 0.717) is 28.3 Å². The zero-order valence-corrected chi connectivity index (χ0v) is 17.7. The lowest BCUT2D eigenvalue weighted by atomic mass is 9.45. The lowest BCUT2D eigenvalue weighted by Crippen LogP contribution is -2.57. The fraction of sp³-hybridized carbons (Fsp3) is 0.920. The van der Waals surface area contributed by atoms with Crippen LogP contribution in [-0.2, 0) is 4.74 Å². The minimum Gasteiger partial charge on any atom is -0.381 e. The van der Waals surface area contributed by atoms with Gasteiger partial charge in [-0.15, -0.1) is 6.42 Å². The van der Waals surface area contributed by atoms with Crippen LogP contribution in [0, 0.1) is 64.1 Å². The summed E-state index contributed by atoms with van der Waals surface area (Å²) < 4.78 is 6.21. The molecule has 0 bridgehead atoms. The van der Waals surface area contributed by atoms with E-state index in [1.807, 2.05) is 7.11 Å². The Hall–Kier alpha value is -0.520. The highest BCUT2D eigenvalue weighted by atomic mass is 16.5. The Morgan fingerprint density at radius 2 is 1.89 bits per heavy atom. The second-order valence-corrected chi connectivity index (χ2v) is 11.4. The van der Waals surface area contributed by atoms with Crippen molar-refractivity contribution in [3.05, 3.63) is 0 Å². The zero-order chi connectivity index (χ0) is 19.2. The standard InChI is InChI=1S/C25H38O2/c1-6-21(26)15(2)18-7-8-19-17-13-22(27-5)25-14-16(25)9-12-24(25,4)20(17)10-11-23(18,19)3/h1,15-22,26H,7-14H2,2-5H3/t15-,16-,17-,18+,19-,20-,21?,22?,23+,24+,25?/m0/s1. The molecule has 1 spiro atoms. The molecule has 0 amide bonds. The Bertz CT molecular complexity index is 666. The van der Waals surface area contributed by atoms with Gasteiger partial charge in [0, 0.05) is 12.5 Å². The van der Waals surface area contributed by atoms with Gasteiger partial charge < -0.3 is 9.84 Å². The number of aliphatic hydroxyl groups excluding tert-OH is 1. The van der Waals surface area contributed by atoms with Crippen molar-refractivity contribution in [2.45, 2.75) is 84.3 Å². The monoisotopic (exact) mass is 370 g/mol. The van der Waals surface area contributed by atoms with E-state index in [1.54, 1.807) is 0 Å². The second kappa shape index (κ2) is 5.76. The molecule has 5 fully saturated rings. The molecular weight excluding hydrogens is 332 g/mol. The molecular formula is C25H38O2. The Labute approximate surface area is 165 Å². The van der Waals surface area contributed by atoms with E-state index < -0.39 is 6.10 Å². The van der Waals surface area contributed by atoms with Gasteiger partial charge in [0.15, 0.2) is 0 Å². The van der Waals surface area contributed by atoms with Crippen molar-refractivity contribution < 1.29 is 9.84 Å². The van der Waals surface area contributed by atoms with E-state index >= 15 is 0 Å². The smallest absolute Gasteiger partial charge is 0.117 e. The average Bonchev–Trinajstić information content (AvgIpc) is 3.17. The first-order valence-corrected chi connectivity index (χ1v) is 11.5. The quantitative estimate of drug-likeness (QED) is 0.716. The number of hydrogen-bond acceptors (Lipinski definition) is 2. The van der Waals surface area contributed by atoms with Crippen molar-refractivity contribution in [2.75, 3.05) is 7.11 Å². The van der Waals surface area contributed by atoms with E-state index in [-0.39, 0.29) is 5.92 Å². The summed E-state index contributed by atoms with van der Waals surface area (Å²) in [5.41, 5.74) is 1.37. The van der Waals surface area contributed by atoms with Gasteiger partial charge in [0.1, 0.15) is 6.10 Å². The van der Waals surface area contributed by atoms with Crippen LogP contribution in [0.15, 0.2) is 0 Å². The molecule has 5 saturated carbocycles. The SMILES string of the molecule is C#CC(O)[C@@H](C)[C@H]1CC[C@H]2[C@@H]3CC(OC)C45C[C@@H]4CC[C@]5(C)[C@H]3CC[C@]12C. The normalized spacial score (nSPS) is 57.6. The highest BCUT2D eigenvalue weighted by molar-refractivity contribution is 5.26. The first-order valence-electron chi connectivity index (χ1n) is 11.5. The van der Waals surface area contributed by atoms with Gasteiger partial charge in [-0.3, -0.25) is 0 Å². The van der Waals surface area contributed by atoms with Crippen molar-refractivity contribution in [2.24, 2.45) is 51.8 Å². The van der Waals surface area contributed by atoms with E-state index in [4.69, 9.17) is 11.2 Å². The summed E-state index contributed by atoms with van der Waals surface area (Å²) in [4.78, 5) is 0. The third-order valence-electron chi connectivity index (χ3n) is 11.2. The minimum atomic E-state index is -0.593. The maximum absolute atomic E-state index is 10.4. The molecule has 0 saturated heterocycles. The molecule has 0 aromatic rings. The van der Waals surface area contributed by atoms with Crippen LogP contribution in [0.4, 0.5) is 0 Å². The van der Waals surface area contributed by atoms with Crippen LogP contribution >= 0.6 is 0 Å². The molecule has 2 nitrogen and oxygen atoms in total. The molecule has 11 atom stereocenters. The number of fused-ring (bicyclic) bond motifs is 4. The highest BCUT2D eigenvalue weighted by Gasteiger charge is 2.77. The molecule has 2 heteroatoms. The van der Waals surface area contributed by atoms with Crippen LogP contribution in [0.3, 0.4) is 0 Å². The Morgan fingerprint density at radius 3 is 2.56 bits per heavy atom. The molecule has 5 aliphatic carbocycles. The second-order valence-electron chi connectivity index (χ2n) is 11.4. The summed E-state index contributed by atoms with van der Waals surface area (Å²) in [6, 6.07) is 0. The summed E-state index contributed by atoms with van der Waals surface area (Å²) >= 11 is 0. The van der Waals surface area contributed by atoms with Gasteiger partial charge in [0.25, 0.3) is 0 Å². The van der Waals surface area contributed by atoms with Gasteiger partial charge in [-0.25, -0.2) is 0 Å². The number of hydrogen-bond donors (Lipinski definition) is 1. The molecule has 1 N–H and O–H groups in total. The van der Waals surface area contributed by atoms with E-state index in [0.717, 1.165) is 23.7 Å². The molecule has 5 aliphatic rings. The predicted octanol–water partition coefficient (Wildman–Crippen LogP) is 4.90. The number of terminal acetylenes is 1. The fourth-order valence-corrected chi connectivity index (χ4v) is 9.85. The van der Waals surface area contributed by atoms with Crippen LogP contribution in [0.2, 0.25) is 0 Å². The third kappa shape index (κ3) is 2.06. The zero-order valence-electron chi connectivity index (χ0n) is 17.7. The van der Waals surface area contributed by atoms with Crippen LogP contribution in [-0.4, -0.2) is 24.4 Å². The molecule has 150 valence electrons. The Morgan fingerprint density at radius 1 is 1.11 bits per heavy atom. The van der Waals surface area contributed by atoms with E-state index in [2.05, 4.69) is 26.7 Å². The first-order chi connectivity index (χ1) is 12.8. The van der Waals surface area contributed by atoms with Crippen molar-refractivity contribution in [3.8, 4) is 12.3 Å². The topological polar surface area (TPSA) is 29.5 Å². The van der Waals surface area contributed by atoms with Gasteiger partial charge in [0.2, 0.25) is 0 Å². The largest absolute Gasteiger partial charge is 0.381 e.